The Morgan fingerprint density at radius 3 is 2.52 bits per heavy atom. The van der Waals surface area contributed by atoms with Crippen molar-refractivity contribution in [3.63, 3.8) is 0 Å². The SMILES string of the molecule is CSCC(NC(=S)Nc1ccc(CC(F)(F)F)cc1)C(=O)NCC#N. The molecule has 136 valence electrons. The molecule has 0 saturated carbocycles. The van der Waals surface area contributed by atoms with E-state index in [2.05, 4.69) is 16.0 Å². The van der Waals surface area contributed by atoms with Gasteiger partial charge in [0.15, 0.2) is 5.11 Å². The van der Waals surface area contributed by atoms with Crippen LogP contribution in [0.1, 0.15) is 5.56 Å². The van der Waals surface area contributed by atoms with Crippen LogP contribution < -0.4 is 16.0 Å². The molecule has 0 aromatic heterocycles. The number of hydrogen-bond donors (Lipinski definition) is 3. The Morgan fingerprint density at radius 1 is 1.36 bits per heavy atom. The summed E-state index contributed by atoms with van der Waals surface area (Å²) >= 11 is 6.55. The highest BCUT2D eigenvalue weighted by molar-refractivity contribution is 7.98. The lowest BCUT2D eigenvalue weighted by Crippen LogP contribution is -2.49. The van der Waals surface area contributed by atoms with Crippen LogP contribution in [0.5, 0.6) is 0 Å². The van der Waals surface area contributed by atoms with Gasteiger partial charge >= 0.3 is 6.18 Å². The molecule has 0 fully saturated rings. The van der Waals surface area contributed by atoms with Crippen LogP contribution in [0.15, 0.2) is 24.3 Å². The highest BCUT2D eigenvalue weighted by atomic mass is 32.2. The number of benzene rings is 1. The van der Waals surface area contributed by atoms with Crippen molar-refractivity contribution in [2.75, 3.05) is 23.9 Å². The van der Waals surface area contributed by atoms with Gasteiger partial charge < -0.3 is 16.0 Å². The summed E-state index contributed by atoms with van der Waals surface area (Å²) in [5.74, 6) is 0.0736. The van der Waals surface area contributed by atoms with E-state index in [0.29, 0.717) is 11.4 Å². The number of halogens is 3. The Balaban J connectivity index is 2.61. The van der Waals surface area contributed by atoms with Gasteiger partial charge in [0, 0.05) is 11.4 Å². The topological polar surface area (TPSA) is 76.9 Å². The first-order chi connectivity index (χ1) is 11.7. The number of carbonyl (C=O) groups excluding carboxylic acids is 1. The highest BCUT2D eigenvalue weighted by Gasteiger charge is 2.27. The number of nitrogens with one attached hydrogen (secondary N) is 3. The summed E-state index contributed by atoms with van der Waals surface area (Å²) < 4.78 is 37.0. The fourth-order valence-electron chi connectivity index (χ4n) is 1.86. The van der Waals surface area contributed by atoms with Crippen molar-refractivity contribution < 1.29 is 18.0 Å². The van der Waals surface area contributed by atoms with E-state index in [1.54, 1.807) is 0 Å². The van der Waals surface area contributed by atoms with Crippen LogP contribution >= 0.6 is 24.0 Å². The predicted molar refractivity (Wildman–Crippen MR) is 96.4 cm³/mol. The minimum atomic E-state index is -4.26. The Bertz CT molecular complexity index is 629. The van der Waals surface area contributed by atoms with E-state index < -0.39 is 18.6 Å². The minimum absolute atomic E-state index is 0.105. The molecule has 1 unspecified atom stereocenters. The summed E-state index contributed by atoms with van der Waals surface area (Å²) in [6.45, 7) is -0.105. The maximum atomic E-state index is 12.3. The molecule has 5 nitrogen and oxygen atoms in total. The van der Waals surface area contributed by atoms with Gasteiger partial charge in [0.25, 0.3) is 0 Å². The first kappa shape index (κ1) is 21.1. The van der Waals surface area contributed by atoms with Crippen LogP contribution in [0.3, 0.4) is 0 Å². The normalized spacial score (nSPS) is 12.0. The molecule has 3 N–H and O–H groups in total. The molecule has 0 heterocycles. The fourth-order valence-corrected chi connectivity index (χ4v) is 2.69. The standard InChI is InChI=1S/C15H17F3N4OS2/c1-25-9-12(13(23)20-7-6-19)22-14(24)21-11-4-2-10(3-5-11)8-15(16,17)18/h2-5,12H,7-9H2,1H3,(H,20,23)(H2,21,22,24). The third-order valence-electron chi connectivity index (χ3n) is 2.91. The number of amides is 1. The van der Waals surface area contributed by atoms with E-state index in [-0.39, 0.29) is 23.1 Å². The number of thioether (sulfide) groups is 1. The molecule has 1 amide bonds. The van der Waals surface area contributed by atoms with Gasteiger partial charge in [-0.05, 0) is 36.2 Å². The molecule has 1 aromatic carbocycles. The fraction of sp³-hybridized carbons (Fsp3) is 0.400. The number of carbonyl (C=O) groups is 1. The number of nitriles is 1. The minimum Gasteiger partial charge on any atom is -0.350 e. The van der Waals surface area contributed by atoms with Crippen molar-refractivity contribution in [1.29, 1.82) is 5.26 Å². The zero-order chi connectivity index (χ0) is 18.9. The lowest BCUT2D eigenvalue weighted by Gasteiger charge is -2.19. The van der Waals surface area contributed by atoms with Crippen LogP contribution in [0.4, 0.5) is 18.9 Å². The number of thiocarbonyl (C=S) groups is 1. The lowest BCUT2D eigenvalue weighted by atomic mass is 10.1. The Morgan fingerprint density at radius 2 is 2.00 bits per heavy atom. The molecule has 0 aliphatic heterocycles. The molecule has 0 aliphatic rings. The largest absolute Gasteiger partial charge is 0.393 e. The molecule has 1 atom stereocenters. The lowest BCUT2D eigenvalue weighted by molar-refractivity contribution is -0.127. The van der Waals surface area contributed by atoms with Crippen LogP contribution in [0, 0.1) is 11.3 Å². The van der Waals surface area contributed by atoms with Gasteiger partial charge in [-0.3, -0.25) is 4.79 Å². The van der Waals surface area contributed by atoms with Crippen molar-refractivity contribution in [3.8, 4) is 6.07 Å². The Hall–Kier alpha value is -1.99. The van der Waals surface area contributed by atoms with Crippen LogP contribution in [0.25, 0.3) is 0 Å². The third-order valence-corrected chi connectivity index (χ3v) is 3.80. The monoisotopic (exact) mass is 390 g/mol. The van der Waals surface area contributed by atoms with Gasteiger partial charge in [0.2, 0.25) is 5.91 Å². The van der Waals surface area contributed by atoms with E-state index in [1.807, 2.05) is 12.3 Å². The molecule has 0 saturated heterocycles. The molecule has 10 heteroatoms. The van der Waals surface area contributed by atoms with Crippen LogP contribution in [-0.2, 0) is 11.2 Å². The second kappa shape index (κ2) is 10.1. The number of rotatable bonds is 7. The molecule has 0 bridgehead atoms. The zero-order valence-corrected chi connectivity index (χ0v) is 14.9. The Kier molecular flexibility index (Phi) is 8.51. The van der Waals surface area contributed by atoms with Gasteiger partial charge in [-0.25, -0.2) is 0 Å². The van der Waals surface area contributed by atoms with E-state index in [1.165, 1.54) is 36.0 Å². The summed E-state index contributed by atoms with van der Waals surface area (Å²) in [5, 5.41) is 16.7. The van der Waals surface area contributed by atoms with Crippen LogP contribution in [-0.4, -0.2) is 41.8 Å². The average molecular weight is 390 g/mol. The molecule has 0 aliphatic carbocycles. The average Bonchev–Trinajstić information content (AvgIpc) is 2.52. The van der Waals surface area contributed by atoms with Crippen molar-refractivity contribution in [2.45, 2.75) is 18.6 Å². The number of nitrogens with zero attached hydrogens (tertiary/aromatic N) is 1. The number of anilines is 1. The Labute approximate surface area is 153 Å². The molecule has 1 aromatic rings. The highest BCUT2D eigenvalue weighted by Crippen LogP contribution is 2.22. The zero-order valence-electron chi connectivity index (χ0n) is 13.3. The van der Waals surface area contributed by atoms with Crippen molar-refractivity contribution in [2.24, 2.45) is 0 Å². The van der Waals surface area contributed by atoms with Crippen molar-refractivity contribution in [3.05, 3.63) is 29.8 Å². The molecule has 1 rings (SSSR count). The summed E-state index contributed by atoms with van der Waals surface area (Å²) in [6, 6.07) is 6.86. The van der Waals surface area contributed by atoms with Gasteiger partial charge in [0.05, 0.1) is 12.5 Å². The van der Waals surface area contributed by atoms with Gasteiger partial charge in [-0.2, -0.15) is 30.2 Å². The second-order valence-corrected chi connectivity index (χ2v) is 6.29. The van der Waals surface area contributed by atoms with E-state index in [0.717, 1.165) is 0 Å². The van der Waals surface area contributed by atoms with E-state index in [4.69, 9.17) is 17.5 Å². The predicted octanol–water partition coefficient (Wildman–Crippen LogP) is 2.45. The van der Waals surface area contributed by atoms with Crippen molar-refractivity contribution in [1.82, 2.24) is 10.6 Å². The maximum Gasteiger partial charge on any atom is 0.393 e. The number of alkyl halides is 3. The van der Waals surface area contributed by atoms with E-state index >= 15 is 0 Å². The third kappa shape index (κ3) is 8.60. The van der Waals surface area contributed by atoms with Crippen molar-refractivity contribution >= 4 is 40.7 Å². The maximum absolute atomic E-state index is 12.3. The smallest absolute Gasteiger partial charge is 0.350 e. The van der Waals surface area contributed by atoms with E-state index in [9.17, 15) is 18.0 Å². The molecular formula is C15H17F3N4OS2. The molecular weight excluding hydrogens is 373 g/mol. The number of hydrogen-bond acceptors (Lipinski definition) is 4. The summed E-state index contributed by atoms with van der Waals surface area (Å²) in [5.41, 5.74) is 0.650. The van der Waals surface area contributed by atoms with Gasteiger partial charge in [-0.1, -0.05) is 12.1 Å². The molecule has 0 radical (unpaired) electrons. The summed E-state index contributed by atoms with van der Waals surface area (Å²) in [6.07, 6.45) is -3.43. The van der Waals surface area contributed by atoms with Gasteiger partial charge in [0.1, 0.15) is 12.6 Å². The first-order valence-electron chi connectivity index (χ1n) is 7.12. The van der Waals surface area contributed by atoms with Crippen LogP contribution in [0.2, 0.25) is 0 Å². The molecule has 25 heavy (non-hydrogen) atoms. The molecule has 0 spiro atoms. The second-order valence-electron chi connectivity index (χ2n) is 4.97. The first-order valence-corrected chi connectivity index (χ1v) is 8.92. The van der Waals surface area contributed by atoms with Gasteiger partial charge in [-0.15, -0.1) is 0 Å². The summed E-state index contributed by atoms with van der Waals surface area (Å²) in [7, 11) is 0. The summed E-state index contributed by atoms with van der Waals surface area (Å²) in [4.78, 5) is 11.9. The quantitative estimate of drug-likeness (QED) is 0.490.